The predicted molar refractivity (Wildman–Crippen MR) is 49.2 cm³/mol. The number of rotatable bonds is 4. The second-order valence-electron chi connectivity index (χ2n) is 3.24. The lowest BCUT2D eigenvalue weighted by atomic mass is 10.2. The lowest BCUT2D eigenvalue weighted by Gasteiger charge is -2.11. The van der Waals surface area contributed by atoms with Crippen LogP contribution in [0, 0.1) is 0 Å². The van der Waals surface area contributed by atoms with Gasteiger partial charge in [0.15, 0.2) is 0 Å². The normalized spacial score (nSPS) is 26.1. The van der Waals surface area contributed by atoms with Crippen LogP contribution in [0.1, 0.15) is 12.8 Å². The number of ether oxygens (including phenoxy) is 1. The number of nitrogens with one attached hydrogen (secondary N) is 1. The molecular formula is C8H15N3O3. The highest BCUT2D eigenvalue weighted by atomic mass is 16.5. The zero-order valence-electron chi connectivity index (χ0n) is 7.86. The van der Waals surface area contributed by atoms with Crippen molar-refractivity contribution < 1.29 is 14.3 Å². The molecule has 14 heavy (non-hydrogen) atoms. The molecule has 0 saturated carbocycles. The van der Waals surface area contributed by atoms with E-state index in [1.165, 1.54) is 0 Å². The molecule has 0 bridgehead atoms. The second kappa shape index (κ2) is 4.92. The fraction of sp³-hybridized carbons (Fsp3) is 0.750. The van der Waals surface area contributed by atoms with Gasteiger partial charge >= 0.3 is 0 Å². The maximum atomic E-state index is 11.3. The van der Waals surface area contributed by atoms with Gasteiger partial charge in [-0.05, 0) is 12.8 Å². The van der Waals surface area contributed by atoms with E-state index in [4.69, 9.17) is 16.2 Å². The molecule has 1 saturated heterocycles. The van der Waals surface area contributed by atoms with E-state index in [1.54, 1.807) is 0 Å². The first-order chi connectivity index (χ1) is 6.63. The zero-order valence-corrected chi connectivity index (χ0v) is 7.86. The van der Waals surface area contributed by atoms with E-state index in [0.29, 0.717) is 13.0 Å². The molecule has 0 aromatic carbocycles. The summed E-state index contributed by atoms with van der Waals surface area (Å²) in [6.45, 7) is 0.269. The fourth-order valence-electron chi connectivity index (χ4n) is 1.36. The number of carbonyl (C=O) groups excluding carboxylic acids is 2. The Bertz CT molecular complexity index is 232. The molecule has 0 aliphatic carbocycles. The van der Waals surface area contributed by atoms with Gasteiger partial charge in [0, 0.05) is 6.54 Å². The molecule has 1 aliphatic rings. The van der Waals surface area contributed by atoms with Crippen LogP contribution in [0.4, 0.5) is 0 Å². The summed E-state index contributed by atoms with van der Waals surface area (Å²) in [5, 5.41) is 2.39. The van der Waals surface area contributed by atoms with Gasteiger partial charge in [0.05, 0.1) is 12.6 Å². The van der Waals surface area contributed by atoms with Gasteiger partial charge in [-0.1, -0.05) is 0 Å². The molecule has 80 valence electrons. The Hall–Kier alpha value is -1.14. The van der Waals surface area contributed by atoms with Crippen LogP contribution in [0.2, 0.25) is 0 Å². The summed E-state index contributed by atoms with van der Waals surface area (Å²) in [6, 6.07) is 0. The first kappa shape index (κ1) is 10.9. The highest BCUT2D eigenvalue weighted by Crippen LogP contribution is 2.18. The Morgan fingerprint density at radius 1 is 1.43 bits per heavy atom. The SMILES string of the molecule is NCC1CCC(C(=O)NCC(N)=O)O1. The van der Waals surface area contributed by atoms with E-state index in [2.05, 4.69) is 5.32 Å². The monoisotopic (exact) mass is 201 g/mol. The molecule has 0 aromatic rings. The first-order valence-electron chi connectivity index (χ1n) is 4.55. The van der Waals surface area contributed by atoms with Crippen molar-refractivity contribution in [2.75, 3.05) is 13.1 Å². The van der Waals surface area contributed by atoms with Gasteiger partial charge in [-0.2, -0.15) is 0 Å². The average Bonchev–Trinajstić information content (AvgIpc) is 2.62. The van der Waals surface area contributed by atoms with Gasteiger partial charge < -0.3 is 21.5 Å². The topological polar surface area (TPSA) is 107 Å². The van der Waals surface area contributed by atoms with E-state index < -0.39 is 12.0 Å². The second-order valence-corrected chi connectivity index (χ2v) is 3.24. The number of amides is 2. The molecule has 2 atom stereocenters. The summed E-state index contributed by atoms with van der Waals surface area (Å²) in [7, 11) is 0. The third kappa shape index (κ3) is 2.97. The summed E-state index contributed by atoms with van der Waals surface area (Å²) < 4.78 is 5.32. The Labute approximate surface area is 82.0 Å². The molecule has 6 heteroatoms. The first-order valence-corrected chi connectivity index (χ1v) is 4.55. The molecular weight excluding hydrogens is 186 g/mol. The maximum absolute atomic E-state index is 11.3. The van der Waals surface area contributed by atoms with Crippen molar-refractivity contribution in [3.05, 3.63) is 0 Å². The largest absolute Gasteiger partial charge is 0.368 e. The number of primary amides is 1. The van der Waals surface area contributed by atoms with Gasteiger partial charge in [0.1, 0.15) is 6.10 Å². The third-order valence-electron chi connectivity index (χ3n) is 2.10. The van der Waals surface area contributed by atoms with E-state index in [9.17, 15) is 9.59 Å². The Morgan fingerprint density at radius 3 is 2.64 bits per heavy atom. The molecule has 1 fully saturated rings. The van der Waals surface area contributed by atoms with Crippen LogP contribution < -0.4 is 16.8 Å². The van der Waals surface area contributed by atoms with Crippen molar-refractivity contribution in [3.63, 3.8) is 0 Å². The summed E-state index contributed by atoms with van der Waals surface area (Å²) in [5.74, 6) is -0.855. The van der Waals surface area contributed by atoms with Gasteiger partial charge in [0.2, 0.25) is 11.8 Å². The highest BCUT2D eigenvalue weighted by Gasteiger charge is 2.29. The van der Waals surface area contributed by atoms with Crippen LogP contribution in [0.5, 0.6) is 0 Å². The minimum absolute atomic E-state index is 0.0423. The molecule has 1 rings (SSSR count). The van der Waals surface area contributed by atoms with E-state index >= 15 is 0 Å². The standard InChI is InChI=1S/C8H15N3O3/c9-3-5-1-2-6(14-5)8(13)11-4-7(10)12/h5-6H,1-4,9H2,(H2,10,12)(H,11,13). The van der Waals surface area contributed by atoms with Crippen molar-refractivity contribution >= 4 is 11.8 Å². The molecule has 0 spiro atoms. The molecule has 2 amide bonds. The van der Waals surface area contributed by atoms with Crippen molar-refractivity contribution in [1.82, 2.24) is 5.32 Å². The van der Waals surface area contributed by atoms with Crippen molar-refractivity contribution in [1.29, 1.82) is 0 Å². The minimum Gasteiger partial charge on any atom is -0.368 e. The van der Waals surface area contributed by atoms with Gasteiger partial charge in [-0.25, -0.2) is 0 Å². The summed E-state index contributed by atoms with van der Waals surface area (Å²) in [5.41, 5.74) is 10.3. The van der Waals surface area contributed by atoms with Crippen LogP contribution in [0.3, 0.4) is 0 Å². The van der Waals surface area contributed by atoms with Crippen LogP contribution >= 0.6 is 0 Å². The summed E-state index contributed by atoms with van der Waals surface area (Å²) in [4.78, 5) is 21.7. The molecule has 1 aliphatic heterocycles. The van der Waals surface area contributed by atoms with Crippen molar-refractivity contribution in [2.24, 2.45) is 11.5 Å². The van der Waals surface area contributed by atoms with Crippen molar-refractivity contribution in [2.45, 2.75) is 25.0 Å². The molecule has 5 N–H and O–H groups in total. The number of nitrogens with two attached hydrogens (primary N) is 2. The van der Waals surface area contributed by atoms with Gasteiger partial charge in [-0.3, -0.25) is 9.59 Å². The van der Waals surface area contributed by atoms with Gasteiger partial charge in [0.25, 0.3) is 0 Å². The number of hydrogen-bond acceptors (Lipinski definition) is 4. The predicted octanol–water partition coefficient (Wildman–Crippen LogP) is -1.91. The molecule has 1 heterocycles. The lowest BCUT2D eigenvalue weighted by Crippen LogP contribution is -2.40. The highest BCUT2D eigenvalue weighted by molar-refractivity contribution is 5.86. The van der Waals surface area contributed by atoms with E-state index in [-0.39, 0.29) is 18.6 Å². The van der Waals surface area contributed by atoms with Crippen molar-refractivity contribution in [3.8, 4) is 0 Å². The van der Waals surface area contributed by atoms with Crippen LogP contribution in [0.15, 0.2) is 0 Å². The summed E-state index contributed by atoms with van der Waals surface area (Å²) in [6.07, 6.45) is 0.902. The Morgan fingerprint density at radius 2 is 2.14 bits per heavy atom. The van der Waals surface area contributed by atoms with E-state index in [0.717, 1.165) is 6.42 Å². The summed E-state index contributed by atoms with van der Waals surface area (Å²) >= 11 is 0. The van der Waals surface area contributed by atoms with Crippen LogP contribution in [-0.4, -0.2) is 37.1 Å². The Balaban J connectivity index is 2.28. The Kier molecular flexibility index (Phi) is 3.84. The zero-order chi connectivity index (χ0) is 10.6. The van der Waals surface area contributed by atoms with Crippen LogP contribution in [-0.2, 0) is 14.3 Å². The number of carbonyl (C=O) groups is 2. The lowest BCUT2D eigenvalue weighted by molar-refractivity contribution is -0.133. The number of hydrogen-bond donors (Lipinski definition) is 3. The van der Waals surface area contributed by atoms with E-state index in [1.807, 2.05) is 0 Å². The average molecular weight is 201 g/mol. The molecule has 0 radical (unpaired) electrons. The fourth-order valence-corrected chi connectivity index (χ4v) is 1.36. The quantitative estimate of drug-likeness (QED) is 0.493. The smallest absolute Gasteiger partial charge is 0.249 e. The van der Waals surface area contributed by atoms with Gasteiger partial charge in [-0.15, -0.1) is 0 Å². The minimum atomic E-state index is -0.563. The third-order valence-corrected chi connectivity index (χ3v) is 2.10. The molecule has 2 unspecified atom stereocenters. The van der Waals surface area contributed by atoms with Crippen LogP contribution in [0.25, 0.3) is 0 Å². The maximum Gasteiger partial charge on any atom is 0.249 e. The molecule has 6 nitrogen and oxygen atoms in total. The molecule has 0 aromatic heterocycles.